The molecule has 0 aromatic rings. The molecule has 0 spiro atoms. The molecule has 0 saturated heterocycles. The summed E-state index contributed by atoms with van der Waals surface area (Å²) in [5.41, 5.74) is 0. The molecule has 0 aliphatic heterocycles. The van der Waals surface area contributed by atoms with E-state index in [0.29, 0.717) is 17.4 Å². The lowest BCUT2D eigenvalue weighted by Crippen LogP contribution is -2.37. The van der Waals surface area contributed by atoms with E-state index in [4.69, 9.17) is 18.5 Å². The third-order valence-corrected chi connectivity index (χ3v) is 16.0. The fourth-order valence-electron chi connectivity index (χ4n) is 9.59. The van der Waals surface area contributed by atoms with Gasteiger partial charge in [0, 0.05) is 12.8 Å². The number of unbranched alkanes of at least 4 members (excludes halogenated alkanes) is 30. The molecule has 0 amide bonds. The Morgan fingerprint density at radius 3 is 0.988 bits per heavy atom. The number of esters is 2. The number of ether oxygens (including phenoxy) is 2. The van der Waals surface area contributed by atoms with E-state index in [1.54, 1.807) is 0 Å². The second-order valence-electron chi connectivity index (χ2n) is 24.5. The number of hydrogen-bond acceptors (Lipinski definition) is 7. The number of carbonyl (C=O) groups is 2. The lowest BCUT2D eigenvalue weighted by atomic mass is 10.0. The number of rotatable bonds is 64. The van der Waals surface area contributed by atoms with Crippen LogP contribution in [0.1, 0.15) is 296 Å². The lowest BCUT2D eigenvalue weighted by Gasteiger charge is -2.24. The molecule has 0 saturated carbocycles. The van der Waals surface area contributed by atoms with Crippen molar-refractivity contribution in [3.05, 3.63) is 122 Å². The van der Waals surface area contributed by atoms with E-state index in [2.05, 4.69) is 135 Å². The molecule has 9 nitrogen and oxygen atoms in total. The van der Waals surface area contributed by atoms with Gasteiger partial charge in [-0.3, -0.25) is 18.6 Å². The van der Waals surface area contributed by atoms with Gasteiger partial charge >= 0.3 is 19.8 Å². The molecule has 2 atom stereocenters. The Labute approximate surface area is 530 Å². The zero-order chi connectivity index (χ0) is 62.6. The van der Waals surface area contributed by atoms with Crippen molar-refractivity contribution in [3.63, 3.8) is 0 Å². The topological polar surface area (TPSA) is 108 Å². The molecular weight excluding hydrogens is 1090 g/mol. The van der Waals surface area contributed by atoms with Crippen LogP contribution >= 0.6 is 7.82 Å². The van der Waals surface area contributed by atoms with E-state index in [1.807, 2.05) is 21.1 Å². The Morgan fingerprint density at radius 1 is 0.372 bits per heavy atom. The first-order valence-corrected chi connectivity index (χ1v) is 36.8. The van der Waals surface area contributed by atoms with Gasteiger partial charge in [-0.2, -0.15) is 0 Å². The maximum absolute atomic E-state index is 12.9. The molecule has 0 heterocycles. The summed E-state index contributed by atoms with van der Waals surface area (Å²) in [6, 6.07) is 0. The summed E-state index contributed by atoms with van der Waals surface area (Å²) in [7, 11) is 1.47. The van der Waals surface area contributed by atoms with Crippen LogP contribution in [0.25, 0.3) is 0 Å². The molecule has 0 radical (unpaired) electrons. The van der Waals surface area contributed by atoms with Gasteiger partial charge in [0.2, 0.25) is 0 Å². The van der Waals surface area contributed by atoms with E-state index in [-0.39, 0.29) is 32.0 Å². The number of quaternary nitrogens is 1. The van der Waals surface area contributed by atoms with Crippen LogP contribution in [0.4, 0.5) is 0 Å². The fraction of sp³-hybridized carbons (Fsp3) is 0.711. The van der Waals surface area contributed by atoms with Crippen molar-refractivity contribution in [2.45, 2.75) is 302 Å². The van der Waals surface area contributed by atoms with Crippen LogP contribution < -0.4 is 0 Å². The average molecular weight is 1220 g/mol. The maximum Gasteiger partial charge on any atom is 0.472 e. The first-order chi connectivity index (χ1) is 42.0. The van der Waals surface area contributed by atoms with Gasteiger partial charge in [-0.1, -0.05) is 296 Å². The molecule has 1 N–H and O–H groups in total. The normalized spacial score (nSPS) is 13.9. The van der Waals surface area contributed by atoms with Gasteiger partial charge in [0.15, 0.2) is 6.10 Å². The molecule has 10 heteroatoms. The summed E-state index contributed by atoms with van der Waals surface area (Å²) in [5.74, 6) is -0.807. The van der Waals surface area contributed by atoms with E-state index in [9.17, 15) is 19.0 Å². The van der Waals surface area contributed by atoms with Gasteiger partial charge in [-0.05, 0) is 109 Å². The third-order valence-electron chi connectivity index (χ3n) is 15.0. The van der Waals surface area contributed by atoms with Crippen molar-refractivity contribution in [1.29, 1.82) is 0 Å². The van der Waals surface area contributed by atoms with Gasteiger partial charge in [0.25, 0.3) is 0 Å². The summed E-state index contributed by atoms with van der Waals surface area (Å²) in [4.78, 5) is 35.8. The summed E-state index contributed by atoms with van der Waals surface area (Å²) in [5, 5.41) is 0. The van der Waals surface area contributed by atoms with E-state index in [1.165, 1.54) is 154 Å². The molecule has 86 heavy (non-hydrogen) atoms. The van der Waals surface area contributed by atoms with Crippen molar-refractivity contribution in [2.75, 3.05) is 47.5 Å². The summed E-state index contributed by atoms with van der Waals surface area (Å²) >= 11 is 0. The van der Waals surface area contributed by atoms with Crippen LogP contribution in [-0.2, 0) is 32.7 Å². The Morgan fingerprint density at radius 2 is 0.663 bits per heavy atom. The first kappa shape index (κ1) is 82.4. The molecule has 0 aliphatic rings. The van der Waals surface area contributed by atoms with Crippen LogP contribution in [0.15, 0.2) is 122 Å². The van der Waals surface area contributed by atoms with E-state index < -0.39 is 26.5 Å². The molecule has 0 aromatic heterocycles. The van der Waals surface area contributed by atoms with Gasteiger partial charge in [0.05, 0.1) is 27.7 Å². The number of carbonyl (C=O) groups excluding carboxylic acids is 2. The van der Waals surface area contributed by atoms with Gasteiger partial charge in [0.1, 0.15) is 19.8 Å². The standard InChI is InChI=1S/C76H132NO8P/c1-6-8-10-12-14-16-18-20-22-24-26-28-29-30-31-32-33-34-35-36-37-38-39-40-41-42-43-44-45-46-47-49-51-53-55-57-59-61-63-65-67-69-76(79)85-74(73-84-86(80,81)83-71-70-77(3,4)5)72-82-75(78)68-66-64-62-60-58-56-54-52-50-48-27-25-23-21-19-17-15-13-11-9-7-2/h8,10,14,16,19-22,25-28,30-31,33-34,36-37,50,52,74H,6-7,9,11-13,15,17-18,23-24,29,32,35,38-49,51,53-73H2,1-5H3/p+1/b10-8-,16-14-,21-19-,22-20-,27-25-,28-26-,31-30-,34-33-,37-36-,52-50-. The Bertz CT molecular complexity index is 1870. The van der Waals surface area contributed by atoms with Crippen LogP contribution in [0, 0.1) is 0 Å². The predicted octanol–water partition coefficient (Wildman–Crippen LogP) is 23.0. The second-order valence-corrected chi connectivity index (χ2v) is 26.0. The van der Waals surface area contributed by atoms with Gasteiger partial charge in [-0.15, -0.1) is 0 Å². The molecule has 0 bridgehead atoms. The Hall–Kier alpha value is -3.59. The second kappa shape index (κ2) is 65.8. The minimum absolute atomic E-state index is 0.0261. The van der Waals surface area contributed by atoms with Crippen molar-refractivity contribution >= 4 is 19.8 Å². The zero-order valence-corrected chi connectivity index (χ0v) is 57.2. The molecule has 2 unspecified atom stereocenters. The molecule has 494 valence electrons. The zero-order valence-electron chi connectivity index (χ0n) is 56.3. The Kier molecular flexibility index (Phi) is 63.1. The van der Waals surface area contributed by atoms with Crippen LogP contribution in [0.2, 0.25) is 0 Å². The van der Waals surface area contributed by atoms with E-state index in [0.717, 1.165) is 109 Å². The van der Waals surface area contributed by atoms with Crippen LogP contribution in [-0.4, -0.2) is 74.9 Å². The lowest BCUT2D eigenvalue weighted by molar-refractivity contribution is -0.870. The highest BCUT2D eigenvalue weighted by Crippen LogP contribution is 2.43. The molecule has 0 rings (SSSR count). The third kappa shape index (κ3) is 69.5. The summed E-state index contributed by atoms with van der Waals surface area (Å²) < 4.78 is 34.7. The number of nitrogens with zero attached hydrogens (tertiary/aromatic N) is 1. The van der Waals surface area contributed by atoms with Crippen LogP contribution in [0.5, 0.6) is 0 Å². The highest BCUT2D eigenvalue weighted by atomic mass is 31.2. The number of likely N-dealkylation sites (N-methyl/N-ethyl adjacent to an activating group) is 1. The fourth-order valence-corrected chi connectivity index (χ4v) is 10.3. The average Bonchev–Trinajstić information content (AvgIpc) is 3.70. The molecule has 0 fully saturated rings. The SMILES string of the molecule is CC/C=C\C/C=C\C/C=C\C/C=C\C/C=C\C/C=C\C/C=C\CCCCCCCCCCCCCCCCCCCCCC(=O)OC(COC(=O)CCCCCCCC/C=C\C/C=C\C/C=C\CCCCCCC)COP(=O)(O)OCC[N+](C)(C)C. The van der Waals surface area contributed by atoms with Gasteiger partial charge in [-0.25, -0.2) is 4.57 Å². The number of phosphoric ester groups is 1. The van der Waals surface area contributed by atoms with Crippen molar-refractivity contribution in [1.82, 2.24) is 0 Å². The van der Waals surface area contributed by atoms with Crippen molar-refractivity contribution < 1.29 is 42.1 Å². The smallest absolute Gasteiger partial charge is 0.462 e. The monoisotopic (exact) mass is 1220 g/mol. The largest absolute Gasteiger partial charge is 0.472 e. The molecular formula is C76H133NO8P+. The summed E-state index contributed by atoms with van der Waals surface area (Å²) in [6.07, 6.45) is 94.5. The van der Waals surface area contributed by atoms with E-state index >= 15 is 0 Å². The number of phosphoric acid groups is 1. The van der Waals surface area contributed by atoms with Crippen molar-refractivity contribution in [3.8, 4) is 0 Å². The maximum atomic E-state index is 12.9. The minimum Gasteiger partial charge on any atom is -0.462 e. The van der Waals surface area contributed by atoms with Crippen molar-refractivity contribution in [2.24, 2.45) is 0 Å². The minimum atomic E-state index is -4.40. The highest BCUT2D eigenvalue weighted by Gasteiger charge is 2.27. The Balaban J connectivity index is 4.00. The quantitative estimate of drug-likeness (QED) is 0.0211. The number of allylic oxidation sites excluding steroid dienone is 20. The van der Waals surface area contributed by atoms with Gasteiger partial charge < -0.3 is 18.9 Å². The molecule has 0 aliphatic carbocycles. The molecule has 0 aromatic carbocycles. The number of hydrogen-bond donors (Lipinski definition) is 1. The summed E-state index contributed by atoms with van der Waals surface area (Å²) in [6.45, 7) is 4.31. The highest BCUT2D eigenvalue weighted by molar-refractivity contribution is 7.47. The van der Waals surface area contributed by atoms with Crippen LogP contribution in [0.3, 0.4) is 0 Å². The predicted molar refractivity (Wildman–Crippen MR) is 371 cm³/mol. The first-order valence-electron chi connectivity index (χ1n) is 35.3.